The van der Waals surface area contributed by atoms with Crippen LogP contribution in [0.15, 0.2) is 29.2 Å². The van der Waals surface area contributed by atoms with E-state index in [0.29, 0.717) is 16.4 Å². The smallest absolute Gasteiger partial charge is 0.407 e. The van der Waals surface area contributed by atoms with Gasteiger partial charge in [-0.25, -0.2) is 19.2 Å². The Hall–Kier alpha value is -2.17. The summed E-state index contributed by atoms with van der Waals surface area (Å²) in [5, 5.41) is 5.81. The Morgan fingerprint density at radius 2 is 2.00 bits per heavy atom. The number of nitrogens with one attached hydrogen (secondary N) is 5. The highest BCUT2D eigenvalue weighted by Gasteiger charge is 2.37. The third-order valence-corrected chi connectivity index (χ3v) is 7.49. The van der Waals surface area contributed by atoms with Crippen LogP contribution >= 0.6 is 0 Å². The average Bonchev–Trinajstić information content (AvgIpc) is 3.36. The minimum atomic E-state index is -2.90. The summed E-state index contributed by atoms with van der Waals surface area (Å²) in [6.45, 7) is 3.97. The lowest BCUT2D eigenvalue weighted by molar-refractivity contribution is -0.121. The molecule has 0 bridgehead atoms. The molecule has 0 aromatic heterocycles. The molecule has 5 N–H and O–H groups in total. The van der Waals surface area contributed by atoms with Crippen molar-refractivity contribution < 1.29 is 18.5 Å². The van der Waals surface area contributed by atoms with E-state index >= 15 is 0 Å². The van der Waals surface area contributed by atoms with Crippen molar-refractivity contribution in [3.8, 4) is 0 Å². The van der Waals surface area contributed by atoms with Crippen molar-refractivity contribution >= 4 is 21.7 Å². The van der Waals surface area contributed by atoms with Gasteiger partial charge < -0.3 is 15.4 Å². The lowest BCUT2D eigenvalue weighted by Gasteiger charge is -2.19. The summed E-state index contributed by atoms with van der Waals surface area (Å²) in [5.74, 6) is 0.176. The molecule has 2 aliphatic rings. The molecule has 178 valence electrons. The molecule has 1 saturated carbocycles. The van der Waals surface area contributed by atoms with Crippen LogP contribution in [-0.2, 0) is 25.7 Å². The van der Waals surface area contributed by atoms with Gasteiger partial charge in [0.05, 0.1) is 27.2 Å². The number of hydrazine groups is 1. The van der Waals surface area contributed by atoms with Crippen LogP contribution in [0.2, 0.25) is 0 Å². The molecule has 0 spiro atoms. The van der Waals surface area contributed by atoms with Crippen LogP contribution in [0.4, 0.5) is 4.79 Å². The Morgan fingerprint density at radius 1 is 1.25 bits per heavy atom. The molecule has 2 fully saturated rings. The van der Waals surface area contributed by atoms with Gasteiger partial charge in [-0.15, -0.1) is 0 Å². The molecule has 3 unspecified atom stereocenters. The quantitative estimate of drug-likeness (QED) is 0.400. The predicted molar refractivity (Wildman–Crippen MR) is 122 cm³/mol. The molecular weight excluding hydrogens is 430 g/mol. The number of rotatable bonds is 8. The second kappa shape index (κ2) is 10.6. The molecule has 9 nitrogen and oxygen atoms in total. The largest absolute Gasteiger partial charge is 0.446 e. The number of alkyl carbamates (subject to hydrolysis) is 1. The summed E-state index contributed by atoms with van der Waals surface area (Å²) in [6, 6.07) is 7.18. The van der Waals surface area contributed by atoms with Gasteiger partial charge >= 0.3 is 6.09 Å². The fourth-order valence-corrected chi connectivity index (χ4v) is 5.35. The first-order valence-electron chi connectivity index (χ1n) is 11.2. The molecule has 3 rings (SSSR count). The van der Waals surface area contributed by atoms with Gasteiger partial charge in [-0.05, 0) is 56.6 Å². The molecule has 2 amide bonds. The third kappa shape index (κ3) is 6.66. The summed E-state index contributed by atoms with van der Waals surface area (Å²) in [6.07, 6.45) is 4.99. The van der Waals surface area contributed by atoms with Gasteiger partial charge in [0.15, 0.2) is 0 Å². The molecule has 1 aliphatic heterocycles. The van der Waals surface area contributed by atoms with Crippen LogP contribution in [0.3, 0.4) is 0 Å². The number of carbonyl (C=O) groups excluding carboxylic acids is 2. The van der Waals surface area contributed by atoms with Gasteiger partial charge in [-0.1, -0.05) is 25.1 Å². The molecular formula is C22H35N5O4S. The van der Waals surface area contributed by atoms with Crippen molar-refractivity contribution in [1.29, 1.82) is 4.78 Å². The lowest BCUT2D eigenvalue weighted by atomic mass is 9.96. The SMILES string of the molecule is CC[C@H](C)NC(=O)O[C@@H]1CC[C@H](C2CC(NC(=O)Cc3ccccc3S(C)(=N)=O)NN2)C1. The van der Waals surface area contributed by atoms with Crippen molar-refractivity contribution in [1.82, 2.24) is 21.5 Å². The standard InChI is InChI=1S/C22H35N5O4S/c1-4-14(2)24-22(29)31-17-10-9-15(11-17)18-13-20(27-26-18)25-21(28)12-16-7-5-6-8-19(16)32(3,23)30/h5-8,14-15,17-18,20,23,26-27H,4,9-13H2,1-3H3,(H,24,29)(H,25,28)/t14-,15-,17+,18?,20?,32?/m0/s1. The first-order valence-corrected chi connectivity index (χ1v) is 13.2. The zero-order valence-electron chi connectivity index (χ0n) is 19.0. The van der Waals surface area contributed by atoms with E-state index in [-0.39, 0.29) is 42.8 Å². The minimum Gasteiger partial charge on any atom is -0.446 e. The van der Waals surface area contributed by atoms with Crippen LogP contribution in [0.5, 0.6) is 0 Å². The first kappa shape index (κ1) is 24.5. The summed E-state index contributed by atoms with van der Waals surface area (Å²) in [7, 11) is -2.90. The van der Waals surface area contributed by atoms with Crippen molar-refractivity contribution in [2.24, 2.45) is 5.92 Å². The molecule has 1 aromatic carbocycles. The van der Waals surface area contributed by atoms with Crippen molar-refractivity contribution in [3.63, 3.8) is 0 Å². The fourth-order valence-electron chi connectivity index (χ4n) is 4.37. The van der Waals surface area contributed by atoms with Crippen LogP contribution in [0, 0.1) is 10.7 Å². The van der Waals surface area contributed by atoms with E-state index in [1.807, 2.05) is 13.8 Å². The van der Waals surface area contributed by atoms with E-state index in [4.69, 9.17) is 9.52 Å². The Balaban J connectivity index is 1.45. The van der Waals surface area contributed by atoms with Gasteiger partial charge in [-0.3, -0.25) is 10.2 Å². The average molecular weight is 466 g/mol. The van der Waals surface area contributed by atoms with Crippen LogP contribution in [0.25, 0.3) is 0 Å². The monoisotopic (exact) mass is 465 g/mol. The fraction of sp³-hybridized carbons (Fsp3) is 0.636. The lowest BCUT2D eigenvalue weighted by Crippen LogP contribution is -2.45. The number of benzene rings is 1. The van der Waals surface area contributed by atoms with E-state index in [1.165, 1.54) is 6.26 Å². The van der Waals surface area contributed by atoms with Crippen LogP contribution < -0.4 is 21.5 Å². The van der Waals surface area contributed by atoms with Gasteiger partial charge in [0, 0.05) is 18.3 Å². The molecule has 32 heavy (non-hydrogen) atoms. The Labute approximate surface area is 190 Å². The highest BCUT2D eigenvalue weighted by atomic mass is 32.2. The maximum Gasteiger partial charge on any atom is 0.407 e. The normalized spacial score (nSPS) is 28.0. The van der Waals surface area contributed by atoms with E-state index in [1.54, 1.807) is 24.3 Å². The number of amides is 2. The highest BCUT2D eigenvalue weighted by molar-refractivity contribution is 7.91. The van der Waals surface area contributed by atoms with Gasteiger partial charge in [0.1, 0.15) is 6.10 Å². The van der Waals surface area contributed by atoms with E-state index < -0.39 is 9.73 Å². The van der Waals surface area contributed by atoms with Crippen molar-refractivity contribution in [3.05, 3.63) is 29.8 Å². The highest BCUT2D eigenvalue weighted by Crippen LogP contribution is 2.33. The topological polar surface area (TPSA) is 132 Å². The minimum absolute atomic E-state index is 0.0768. The van der Waals surface area contributed by atoms with Gasteiger partial charge in [0.25, 0.3) is 0 Å². The van der Waals surface area contributed by atoms with Crippen molar-refractivity contribution in [2.75, 3.05) is 6.26 Å². The molecule has 6 atom stereocenters. The Morgan fingerprint density at radius 3 is 2.72 bits per heavy atom. The zero-order chi connectivity index (χ0) is 23.3. The number of hydrogen-bond donors (Lipinski definition) is 5. The zero-order valence-corrected chi connectivity index (χ0v) is 19.8. The summed E-state index contributed by atoms with van der Waals surface area (Å²) in [5.41, 5.74) is 7.02. The molecule has 10 heteroatoms. The molecule has 1 heterocycles. The summed E-state index contributed by atoms with van der Waals surface area (Å²) >= 11 is 0. The second-order valence-electron chi connectivity index (χ2n) is 8.93. The van der Waals surface area contributed by atoms with Gasteiger partial charge in [-0.2, -0.15) is 0 Å². The number of ether oxygens (including phenoxy) is 1. The van der Waals surface area contributed by atoms with E-state index in [2.05, 4.69) is 21.5 Å². The summed E-state index contributed by atoms with van der Waals surface area (Å²) in [4.78, 5) is 24.9. The van der Waals surface area contributed by atoms with E-state index in [9.17, 15) is 13.8 Å². The summed E-state index contributed by atoms with van der Waals surface area (Å²) < 4.78 is 25.6. The van der Waals surface area contributed by atoms with Crippen LogP contribution in [-0.4, -0.2) is 46.8 Å². The third-order valence-electron chi connectivity index (χ3n) is 6.26. The second-order valence-corrected chi connectivity index (χ2v) is 11.1. The maximum atomic E-state index is 12.6. The molecule has 0 radical (unpaired) electrons. The first-order chi connectivity index (χ1) is 15.2. The molecule has 1 aliphatic carbocycles. The van der Waals surface area contributed by atoms with E-state index in [0.717, 1.165) is 32.1 Å². The number of hydrogen-bond acceptors (Lipinski definition) is 7. The predicted octanol–water partition coefficient (Wildman–Crippen LogP) is 2.27. The Bertz CT molecular complexity index is 923. The molecule has 1 saturated heterocycles. The van der Waals surface area contributed by atoms with Gasteiger partial charge in [0.2, 0.25) is 5.91 Å². The van der Waals surface area contributed by atoms with Crippen molar-refractivity contribution in [2.45, 2.75) is 81.6 Å². The maximum absolute atomic E-state index is 12.6. The number of carbonyl (C=O) groups is 2. The van der Waals surface area contributed by atoms with Crippen LogP contribution in [0.1, 0.15) is 51.5 Å². The molecule has 1 aromatic rings. The Kier molecular flexibility index (Phi) is 8.13.